The SMILES string of the molecule is O=C(O)c1cc(S(=O)(=O)Nc2cccc(Br)c2)ccc1O. The van der Waals surface area contributed by atoms with Crippen LogP contribution in [0.3, 0.4) is 0 Å². The average molecular weight is 372 g/mol. The van der Waals surface area contributed by atoms with Gasteiger partial charge in [0.1, 0.15) is 11.3 Å². The largest absolute Gasteiger partial charge is 0.507 e. The van der Waals surface area contributed by atoms with Crippen LogP contribution in [0.4, 0.5) is 5.69 Å². The van der Waals surface area contributed by atoms with Crippen molar-refractivity contribution in [2.45, 2.75) is 4.90 Å². The Morgan fingerprint density at radius 1 is 1.14 bits per heavy atom. The van der Waals surface area contributed by atoms with E-state index >= 15 is 0 Å². The molecule has 21 heavy (non-hydrogen) atoms. The summed E-state index contributed by atoms with van der Waals surface area (Å²) >= 11 is 3.22. The number of halogens is 1. The molecule has 0 atom stereocenters. The molecule has 0 heterocycles. The lowest BCUT2D eigenvalue weighted by Crippen LogP contribution is -2.13. The summed E-state index contributed by atoms with van der Waals surface area (Å²) in [5, 5.41) is 18.3. The Morgan fingerprint density at radius 3 is 2.48 bits per heavy atom. The number of hydrogen-bond acceptors (Lipinski definition) is 4. The van der Waals surface area contributed by atoms with Crippen LogP contribution in [0.2, 0.25) is 0 Å². The van der Waals surface area contributed by atoms with Gasteiger partial charge >= 0.3 is 5.97 Å². The van der Waals surface area contributed by atoms with Gasteiger partial charge in [0.15, 0.2) is 0 Å². The molecule has 0 aromatic heterocycles. The van der Waals surface area contributed by atoms with E-state index in [4.69, 9.17) is 5.11 Å². The average Bonchev–Trinajstić information content (AvgIpc) is 2.38. The molecule has 2 rings (SSSR count). The predicted molar refractivity (Wildman–Crippen MR) is 80.0 cm³/mol. The molecule has 0 unspecified atom stereocenters. The van der Waals surface area contributed by atoms with Gasteiger partial charge in [-0.1, -0.05) is 22.0 Å². The van der Waals surface area contributed by atoms with E-state index in [1.54, 1.807) is 24.3 Å². The van der Waals surface area contributed by atoms with Gasteiger partial charge in [0, 0.05) is 10.2 Å². The van der Waals surface area contributed by atoms with Gasteiger partial charge in [-0.3, -0.25) is 4.72 Å². The van der Waals surface area contributed by atoms with Gasteiger partial charge in [0.2, 0.25) is 0 Å². The van der Waals surface area contributed by atoms with E-state index < -0.39 is 27.3 Å². The van der Waals surface area contributed by atoms with Gasteiger partial charge in [-0.2, -0.15) is 0 Å². The number of anilines is 1. The molecule has 0 spiro atoms. The number of aromatic carboxylic acids is 1. The Morgan fingerprint density at radius 2 is 1.86 bits per heavy atom. The van der Waals surface area contributed by atoms with E-state index in [9.17, 15) is 18.3 Å². The minimum Gasteiger partial charge on any atom is -0.507 e. The fourth-order valence-electron chi connectivity index (χ4n) is 1.62. The number of hydrogen-bond donors (Lipinski definition) is 3. The van der Waals surface area contributed by atoms with Gasteiger partial charge < -0.3 is 10.2 Å². The molecule has 2 aromatic carbocycles. The second-order valence-corrected chi connectivity index (χ2v) is 6.70. The zero-order valence-corrected chi connectivity index (χ0v) is 12.8. The molecule has 2 aromatic rings. The molecule has 0 amide bonds. The first-order valence-electron chi connectivity index (χ1n) is 5.64. The van der Waals surface area contributed by atoms with Crippen LogP contribution in [-0.2, 0) is 10.0 Å². The Labute approximate surface area is 129 Å². The van der Waals surface area contributed by atoms with Crippen molar-refractivity contribution < 1.29 is 23.4 Å². The monoisotopic (exact) mass is 371 g/mol. The summed E-state index contributed by atoms with van der Waals surface area (Å²) < 4.78 is 27.4. The van der Waals surface area contributed by atoms with Crippen LogP contribution in [0.5, 0.6) is 5.75 Å². The molecule has 0 aliphatic rings. The molecule has 0 aliphatic heterocycles. The Hall–Kier alpha value is -2.06. The molecule has 3 N–H and O–H groups in total. The maximum atomic E-state index is 12.2. The summed E-state index contributed by atoms with van der Waals surface area (Å²) in [5.41, 5.74) is -0.151. The molecule has 110 valence electrons. The number of carbonyl (C=O) groups is 1. The van der Waals surface area contributed by atoms with Gasteiger partial charge in [0.25, 0.3) is 10.0 Å². The lowest BCUT2D eigenvalue weighted by molar-refractivity contribution is 0.0693. The zero-order chi connectivity index (χ0) is 15.6. The first-order valence-corrected chi connectivity index (χ1v) is 7.92. The summed E-state index contributed by atoms with van der Waals surface area (Å²) in [5.74, 6) is -1.91. The second-order valence-electron chi connectivity index (χ2n) is 4.10. The normalized spacial score (nSPS) is 11.1. The van der Waals surface area contributed by atoms with Crippen LogP contribution >= 0.6 is 15.9 Å². The first-order chi connectivity index (χ1) is 9.79. The number of sulfonamides is 1. The number of phenols is 1. The van der Waals surface area contributed by atoms with Crippen LogP contribution < -0.4 is 4.72 Å². The topological polar surface area (TPSA) is 104 Å². The maximum Gasteiger partial charge on any atom is 0.339 e. The number of rotatable bonds is 4. The zero-order valence-electron chi connectivity index (χ0n) is 10.4. The van der Waals surface area contributed by atoms with Crippen LogP contribution in [0, 0.1) is 0 Å². The molecule has 0 fully saturated rings. The van der Waals surface area contributed by atoms with E-state index in [0.29, 0.717) is 10.2 Å². The number of aromatic hydroxyl groups is 1. The fourth-order valence-corrected chi connectivity index (χ4v) is 3.09. The number of nitrogens with one attached hydrogen (secondary N) is 1. The number of benzene rings is 2. The highest BCUT2D eigenvalue weighted by molar-refractivity contribution is 9.10. The van der Waals surface area contributed by atoms with Gasteiger partial charge in [0.05, 0.1) is 4.90 Å². The Kier molecular flexibility index (Phi) is 4.19. The third-order valence-corrected chi connectivity index (χ3v) is 4.46. The maximum absolute atomic E-state index is 12.2. The first kappa shape index (κ1) is 15.3. The highest BCUT2D eigenvalue weighted by Crippen LogP contribution is 2.24. The quantitative estimate of drug-likeness (QED) is 0.766. The van der Waals surface area contributed by atoms with Gasteiger partial charge in [-0.05, 0) is 36.4 Å². The molecule has 0 saturated heterocycles. The van der Waals surface area contributed by atoms with Crippen LogP contribution in [0.1, 0.15) is 10.4 Å². The summed E-state index contributed by atoms with van der Waals surface area (Å²) in [4.78, 5) is 10.7. The van der Waals surface area contributed by atoms with E-state index in [0.717, 1.165) is 18.2 Å². The Bertz CT molecular complexity index is 804. The Balaban J connectivity index is 2.40. The second kappa shape index (κ2) is 5.74. The minimum atomic E-state index is -3.95. The predicted octanol–water partition coefficient (Wildman–Crippen LogP) is 2.65. The third-order valence-electron chi connectivity index (χ3n) is 2.59. The molecule has 0 radical (unpaired) electrons. The van der Waals surface area contributed by atoms with Crippen LogP contribution in [-0.4, -0.2) is 24.6 Å². The summed E-state index contributed by atoms with van der Waals surface area (Å²) in [7, 11) is -3.95. The van der Waals surface area contributed by atoms with Crippen LogP contribution in [0.25, 0.3) is 0 Å². The lowest BCUT2D eigenvalue weighted by atomic mass is 10.2. The fraction of sp³-hybridized carbons (Fsp3) is 0. The lowest BCUT2D eigenvalue weighted by Gasteiger charge is -2.09. The number of carboxylic acids is 1. The van der Waals surface area contributed by atoms with Crippen molar-refractivity contribution >= 4 is 37.6 Å². The number of carboxylic acid groups (broad SMARTS) is 1. The summed E-state index contributed by atoms with van der Waals surface area (Å²) in [6, 6.07) is 9.57. The summed E-state index contributed by atoms with van der Waals surface area (Å²) in [6.07, 6.45) is 0. The van der Waals surface area contributed by atoms with Crippen LogP contribution in [0.15, 0.2) is 51.8 Å². The van der Waals surface area contributed by atoms with Crippen molar-refractivity contribution in [3.05, 3.63) is 52.5 Å². The van der Waals surface area contributed by atoms with Crippen molar-refractivity contribution in [3.63, 3.8) is 0 Å². The minimum absolute atomic E-state index is 0.252. The summed E-state index contributed by atoms with van der Waals surface area (Å²) in [6.45, 7) is 0. The molecular weight excluding hydrogens is 362 g/mol. The van der Waals surface area contributed by atoms with Crippen molar-refractivity contribution in [2.75, 3.05) is 4.72 Å². The molecule has 6 nitrogen and oxygen atoms in total. The molecule has 8 heteroatoms. The van der Waals surface area contributed by atoms with E-state index in [2.05, 4.69) is 20.7 Å². The van der Waals surface area contributed by atoms with E-state index in [1.165, 1.54) is 0 Å². The smallest absolute Gasteiger partial charge is 0.339 e. The molecule has 0 bridgehead atoms. The van der Waals surface area contributed by atoms with Crippen molar-refractivity contribution in [3.8, 4) is 5.75 Å². The highest BCUT2D eigenvalue weighted by Gasteiger charge is 2.19. The molecule has 0 saturated carbocycles. The highest BCUT2D eigenvalue weighted by atomic mass is 79.9. The third kappa shape index (κ3) is 3.53. The van der Waals surface area contributed by atoms with E-state index in [-0.39, 0.29) is 4.90 Å². The van der Waals surface area contributed by atoms with Gasteiger partial charge in [-0.15, -0.1) is 0 Å². The van der Waals surface area contributed by atoms with Crippen molar-refractivity contribution in [1.82, 2.24) is 0 Å². The van der Waals surface area contributed by atoms with Crippen molar-refractivity contribution in [2.24, 2.45) is 0 Å². The standard InChI is InChI=1S/C13H10BrNO5S/c14-8-2-1-3-9(6-8)15-21(19,20)10-4-5-12(16)11(7-10)13(17)18/h1-7,15-16H,(H,17,18). The van der Waals surface area contributed by atoms with Gasteiger partial charge in [-0.25, -0.2) is 13.2 Å². The molecule has 0 aliphatic carbocycles. The van der Waals surface area contributed by atoms with E-state index in [1.807, 2.05) is 0 Å². The van der Waals surface area contributed by atoms with Crippen molar-refractivity contribution in [1.29, 1.82) is 0 Å². The molecular formula is C13H10BrNO5S.